The molecule has 0 aliphatic carbocycles. The van der Waals surface area contributed by atoms with E-state index in [-0.39, 0.29) is 0 Å². The van der Waals surface area contributed by atoms with Gasteiger partial charge in [-0.1, -0.05) is 11.3 Å². The van der Waals surface area contributed by atoms with Crippen molar-refractivity contribution in [2.45, 2.75) is 13.8 Å². The van der Waals surface area contributed by atoms with Crippen molar-refractivity contribution in [1.29, 1.82) is 0 Å². The summed E-state index contributed by atoms with van der Waals surface area (Å²) in [4.78, 5) is 0. The molecule has 0 bridgehead atoms. The summed E-state index contributed by atoms with van der Waals surface area (Å²) in [6.45, 7) is 4.17. The van der Waals surface area contributed by atoms with E-state index in [1.165, 1.54) is 27.2 Å². The lowest BCUT2D eigenvalue weighted by molar-refractivity contribution is -0.552. The maximum absolute atomic E-state index is 12.6. The Morgan fingerprint density at radius 1 is 1.47 bits per heavy atom. The van der Waals surface area contributed by atoms with Crippen molar-refractivity contribution in [3.63, 3.8) is 0 Å². The molecular weight excluding hydrogens is 281 g/mol. The van der Waals surface area contributed by atoms with Gasteiger partial charge < -0.3 is 14.8 Å². The number of thiazole rings is 1. The number of anilines is 1. The van der Waals surface area contributed by atoms with Crippen LogP contribution in [0.2, 0.25) is 0 Å². The smallest absolute Gasteiger partial charge is 0.370 e. The summed E-state index contributed by atoms with van der Waals surface area (Å²) in [5, 5.41) is 6.26. The molecule has 0 aliphatic heterocycles. The number of nitrogen functional groups attached to an aromatic ring is 1. The van der Waals surface area contributed by atoms with Crippen molar-refractivity contribution in [3.8, 4) is 0 Å². The van der Waals surface area contributed by atoms with Crippen LogP contribution in [0, 0.1) is 0 Å². The maximum atomic E-state index is 12.6. The summed E-state index contributed by atoms with van der Waals surface area (Å²) in [5.41, 5.74) is 6.06. The molecule has 2 rings (SSSR count). The predicted molar refractivity (Wildman–Crippen MR) is 68.1 cm³/mol. The monoisotopic (exact) mass is 294 g/mol. The quantitative estimate of drug-likeness (QED) is 0.666. The Balaban J connectivity index is 2.51. The summed E-state index contributed by atoms with van der Waals surface area (Å²) in [7, 11) is -3.29. The fraction of sp³-hybridized carbons (Fsp3) is 0.500. The van der Waals surface area contributed by atoms with Gasteiger partial charge in [-0.05, 0) is 29.7 Å². The molecule has 9 heteroatoms. The van der Waals surface area contributed by atoms with Crippen LogP contribution >= 0.6 is 30.3 Å². The lowest BCUT2D eigenvalue weighted by atomic mass is 10.9. The third kappa shape index (κ3) is 2.36. The van der Waals surface area contributed by atoms with Crippen LogP contribution in [-0.2, 0) is 13.6 Å². The van der Waals surface area contributed by atoms with Crippen molar-refractivity contribution < 1.29 is 18.1 Å². The van der Waals surface area contributed by atoms with E-state index >= 15 is 0 Å². The first-order valence-corrected chi connectivity index (χ1v) is 8.30. The van der Waals surface area contributed by atoms with Crippen molar-refractivity contribution in [3.05, 3.63) is 5.38 Å². The molecule has 0 atom stereocenters. The Kier molecular flexibility index (Phi) is 3.79. The Labute approximate surface area is 107 Å². The maximum Gasteiger partial charge on any atom is 0.428 e. The second-order valence-electron chi connectivity index (χ2n) is 3.04. The number of aromatic nitrogens is 2. The normalized spacial score (nSPS) is 12.4. The van der Waals surface area contributed by atoms with Gasteiger partial charge in [-0.15, -0.1) is 0 Å². The fourth-order valence-electron chi connectivity index (χ4n) is 1.35. The average Bonchev–Trinajstić information content (AvgIpc) is 2.76. The Morgan fingerprint density at radius 3 is 2.71 bits per heavy atom. The molecule has 6 nitrogen and oxygen atoms in total. The van der Waals surface area contributed by atoms with Crippen LogP contribution in [0.1, 0.15) is 13.8 Å². The fourth-order valence-corrected chi connectivity index (χ4v) is 5.22. The lowest BCUT2D eigenvalue weighted by Crippen LogP contribution is -2.39. The van der Waals surface area contributed by atoms with E-state index in [0.717, 1.165) is 4.14 Å². The highest BCUT2D eigenvalue weighted by Crippen LogP contribution is 2.46. The van der Waals surface area contributed by atoms with Crippen molar-refractivity contribution in [2.75, 3.05) is 18.9 Å². The van der Waals surface area contributed by atoms with Gasteiger partial charge in [0.25, 0.3) is 5.13 Å². The number of rotatable bonds is 5. The number of hydrogen-bond acceptors (Lipinski definition) is 7. The predicted octanol–water partition coefficient (Wildman–Crippen LogP) is 1.42. The summed E-state index contributed by atoms with van der Waals surface area (Å²) < 4.78 is 25.5. The molecule has 2 N–H and O–H groups in total. The molecule has 94 valence electrons. The van der Waals surface area contributed by atoms with Gasteiger partial charge in [0.15, 0.2) is 0 Å². The number of hydrogen-bond donors (Lipinski definition) is 1. The number of nitrogens with zero attached hydrogens (tertiary/aromatic N) is 2. The van der Waals surface area contributed by atoms with Crippen LogP contribution < -0.4 is 15.7 Å². The zero-order valence-electron chi connectivity index (χ0n) is 9.45. The molecule has 0 radical (unpaired) electrons. The summed E-state index contributed by atoms with van der Waals surface area (Å²) >= 11 is 2.76. The molecule has 0 unspecified atom stereocenters. The Bertz CT molecular complexity index is 557. The highest BCUT2D eigenvalue weighted by Gasteiger charge is 2.39. The second kappa shape index (κ2) is 4.99. The van der Waals surface area contributed by atoms with Crippen molar-refractivity contribution >= 4 is 45.0 Å². The first kappa shape index (κ1) is 12.9. The molecule has 0 fully saturated rings. The summed E-state index contributed by atoms with van der Waals surface area (Å²) in [6, 6.07) is 0. The standard InChI is InChI=1S/C8H13N3O3PS2/c1-3-13-15(12,14-4-2)6-5-16-8-11(6)10-7(9)17-8/h5H,3-4H2,1-2H3,(H2,9,10)/q+1. The third-order valence-corrected chi connectivity index (χ3v) is 6.07. The number of fused-ring (bicyclic) bond motifs is 1. The minimum Gasteiger partial charge on any atom is -0.370 e. The molecule has 2 aromatic heterocycles. The van der Waals surface area contributed by atoms with Gasteiger partial charge in [-0.2, -0.15) is 0 Å². The van der Waals surface area contributed by atoms with E-state index in [2.05, 4.69) is 5.10 Å². The molecule has 0 saturated carbocycles. The first-order chi connectivity index (χ1) is 8.10. The second-order valence-corrected chi connectivity index (χ2v) is 7.14. The zero-order chi connectivity index (χ0) is 12.5. The van der Waals surface area contributed by atoms with Crippen LogP contribution in [0.4, 0.5) is 5.13 Å². The third-order valence-electron chi connectivity index (χ3n) is 1.92. The largest absolute Gasteiger partial charge is 0.428 e. The Morgan fingerprint density at radius 2 is 2.12 bits per heavy atom. The van der Waals surface area contributed by atoms with Gasteiger partial charge in [-0.3, -0.25) is 0 Å². The Hall–Kier alpha value is -0.530. The van der Waals surface area contributed by atoms with E-state index in [0.29, 0.717) is 23.8 Å². The summed E-state index contributed by atoms with van der Waals surface area (Å²) in [6.07, 6.45) is 0. The highest BCUT2D eigenvalue weighted by molar-refractivity contribution is 7.62. The van der Waals surface area contributed by atoms with E-state index in [4.69, 9.17) is 14.8 Å². The van der Waals surface area contributed by atoms with Crippen LogP contribution in [0.3, 0.4) is 0 Å². The van der Waals surface area contributed by atoms with Crippen LogP contribution in [0.5, 0.6) is 0 Å². The van der Waals surface area contributed by atoms with E-state index in [1.54, 1.807) is 19.2 Å². The summed E-state index contributed by atoms with van der Waals surface area (Å²) in [5.74, 6) is 0. The van der Waals surface area contributed by atoms with Gasteiger partial charge >= 0.3 is 17.2 Å². The molecule has 0 aliphatic rings. The molecule has 0 spiro atoms. The van der Waals surface area contributed by atoms with Gasteiger partial charge in [0, 0.05) is 5.10 Å². The molecule has 0 aromatic carbocycles. The minimum absolute atomic E-state index is 0.314. The van der Waals surface area contributed by atoms with Crippen LogP contribution in [0.25, 0.3) is 4.14 Å². The first-order valence-electron chi connectivity index (χ1n) is 5.06. The van der Waals surface area contributed by atoms with Crippen molar-refractivity contribution in [1.82, 2.24) is 5.10 Å². The highest BCUT2D eigenvalue weighted by atomic mass is 32.2. The number of nitrogens with two attached hydrogens (primary N) is 1. The molecular formula is C8H13N3O3PS2+. The van der Waals surface area contributed by atoms with Gasteiger partial charge in [0.05, 0.1) is 18.6 Å². The lowest BCUT2D eigenvalue weighted by Gasteiger charge is -2.10. The van der Waals surface area contributed by atoms with E-state index in [9.17, 15) is 4.57 Å². The van der Waals surface area contributed by atoms with Crippen molar-refractivity contribution in [2.24, 2.45) is 0 Å². The van der Waals surface area contributed by atoms with Crippen LogP contribution in [-0.4, -0.2) is 18.3 Å². The molecule has 2 aromatic rings. The van der Waals surface area contributed by atoms with Gasteiger partial charge in [0.1, 0.15) is 0 Å². The molecule has 0 amide bonds. The topological polar surface area (TPSA) is 78.5 Å². The van der Waals surface area contributed by atoms with Gasteiger partial charge in [0.2, 0.25) is 0 Å². The van der Waals surface area contributed by atoms with Gasteiger partial charge in [-0.25, -0.2) is 4.57 Å². The van der Waals surface area contributed by atoms with E-state index in [1.807, 2.05) is 0 Å². The molecule has 17 heavy (non-hydrogen) atoms. The van der Waals surface area contributed by atoms with Crippen LogP contribution in [0.15, 0.2) is 5.38 Å². The average molecular weight is 294 g/mol. The zero-order valence-corrected chi connectivity index (χ0v) is 12.0. The SMILES string of the molecule is CCOP(=O)(OCC)c1csc2sc(N)n[n+]12. The molecule has 2 heterocycles. The van der Waals surface area contributed by atoms with E-state index < -0.39 is 7.60 Å². The minimum atomic E-state index is -3.29. The molecule has 0 saturated heterocycles.